The molecule has 0 atom stereocenters. The Morgan fingerprint density at radius 3 is 2.63 bits per heavy atom. The third-order valence-electron chi connectivity index (χ3n) is 1.99. The number of pyridine rings is 1. The fourth-order valence-corrected chi connectivity index (χ4v) is 1.59. The zero-order valence-electron chi connectivity index (χ0n) is 9.05. The Morgan fingerprint density at radius 1 is 1.32 bits per heavy atom. The smallest absolute Gasteiger partial charge is 0.356 e. The summed E-state index contributed by atoms with van der Waals surface area (Å²) in [7, 11) is -5.71. The lowest BCUT2D eigenvalue weighted by Gasteiger charge is -2.06. The zero-order valence-corrected chi connectivity index (χ0v) is 9.86. The number of H-pyrrole nitrogens is 1. The number of halogens is 3. The van der Waals surface area contributed by atoms with Gasteiger partial charge in [0.1, 0.15) is 0 Å². The zero-order chi connectivity index (χ0) is 14.1. The van der Waals surface area contributed by atoms with E-state index in [9.17, 15) is 21.6 Å². The van der Waals surface area contributed by atoms with Crippen LogP contribution < -0.4 is 4.18 Å². The van der Waals surface area contributed by atoms with E-state index in [4.69, 9.17) is 0 Å². The summed E-state index contributed by atoms with van der Waals surface area (Å²) in [6.45, 7) is 0. The lowest BCUT2D eigenvalue weighted by molar-refractivity contribution is -0.0501. The van der Waals surface area contributed by atoms with Gasteiger partial charge in [0.25, 0.3) is 0 Å². The first-order valence-electron chi connectivity index (χ1n) is 4.76. The maximum atomic E-state index is 12.1. The molecule has 0 spiro atoms. The van der Waals surface area contributed by atoms with Crippen LogP contribution in [0.2, 0.25) is 0 Å². The molecule has 0 saturated heterocycles. The molecule has 10 heteroatoms. The Balaban J connectivity index is 2.24. The van der Waals surface area contributed by atoms with Crippen molar-refractivity contribution in [2.75, 3.05) is 0 Å². The predicted octanol–water partition coefficient (Wildman–Crippen LogP) is 1.70. The molecule has 0 aliphatic rings. The standard InChI is InChI=1S/C9H6F3N3O3S/c10-9(11,12)19(16,17)18-8-4-7(14-15-8)6-2-1-3-13-5-6/h1-5H,(H,14,15). The highest BCUT2D eigenvalue weighted by Crippen LogP contribution is 2.27. The monoisotopic (exact) mass is 293 g/mol. The Hall–Kier alpha value is -2.10. The number of hydrogen-bond donors (Lipinski definition) is 1. The minimum absolute atomic E-state index is 0.209. The fourth-order valence-electron chi connectivity index (χ4n) is 1.17. The Kier molecular flexibility index (Phi) is 3.18. The quantitative estimate of drug-likeness (QED) is 0.687. The van der Waals surface area contributed by atoms with Crippen molar-refractivity contribution in [2.24, 2.45) is 0 Å². The largest absolute Gasteiger partial charge is 0.534 e. The van der Waals surface area contributed by atoms with Crippen LogP contribution in [0.25, 0.3) is 11.3 Å². The lowest BCUT2D eigenvalue weighted by Crippen LogP contribution is -2.28. The van der Waals surface area contributed by atoms with Crippen molar-refractivity contribution in [3.05, 3.63) is 30.6 Å². The summed E-state index contributed by atoms with van der Waals surface area (Å²) in [6, 6.07) is 4.22. The van der Waals surface area contributed by atoms with Crippen molar-refractivity contribution in [2.45, 2.75) is 5.51 Å². The van der Waals surface area contributed by atoms with E-state index < -0.39 is 21.5 Å². The van der Waals surface area contributed by atoms with Crippen molar-refractivity contribution in [3.63, 3.8) is 0 Å². The van der Waals surface area contributed by atoms with E-state index in [0.717, 1.165) is 6.07 Å². The van der Waals surface area contributed by atoms with Gasteiger partial charge in [0, 0.05) is 24.0 Å². The van der Waals surface area contributed by atoms with Crippen molar-refractivity contribution in [1.29, 1.82) is 0 Å². The second-order valence-electron chi connectivity index (χ2n) is 3.34. The molecule has 0 unspecified atom stereocenters. The average Bonchev–Trinajstić information content (AvgIpc) is 2.76. The van der Waals surface area contributed by atoms with Crippen LogP contribution in [0.15, 0.2) is 30.6 Å². The lowest BCUT2D eigenvalue weighted by atomic mass is 10.2. The first-order valence-corrected chi connectivity index (χ1v) is 6.17. The molecular weight excluding hydrogens is 287 g/mol. The van der Waals surface area contributed by atoms with Crippen LogP contribution in [0.3, 0.4) is 0 Å². The van der Waals surface area contributed by atoms with E-state index in [1.807, 2.05) is 0 Å². The van der Waals surface area contributed by atoms with Gasteiger partial charge in [0.2, 0.25) is 5.88 Å². The fraction of sp³-hybridized carbons (Fsp3) is 0.111. The van der Waals surface area contributed by atoms with Gasteiger partial charge in [0.15, 0.2) is 0 Å². The van der Waals surface area contributed by atoms with Crippen LogP contribution in [0.1, 0.15) is 0 Å². The van der Waals surface area contributed by atoms with Gasteiger partial charge < -0.3 is 4.18 Å². The molecule has 2 heterocycles. The number of aromatic nitrogens is 3. The van der Waals surface area contributed by atoms with Crippen molar-refractivity contribution < 1.29 is 25.8 Å². The average molecular weight is 293 g/mol. The van der Waals surface area contributed by atoms with Crippen LogP contribution >= 0.6 is 0 Å². The highest BCUT2D eigenvalue weighted by molar-refractivity contribution is 7.87. The van der Waals surface area contributed by atoms with E-state index in [1.165, 1.54) is 12.4 Å². The molecular formula is C9H6F3N3O3S. The number of hydrogen-bond acceptors (Lipinski definition) is 5. The van der Waals surface area contributed by atoms with E-state index in [-0.39, 0.29) is 5.69 Å². The Morgan fingerprint density at radius 2 is 2.05 bits per heavy atom. The van der Waals surface area contributed by atoms with Crippen LogP contribution in [-0.2, 0) is 10.1 Å². The maximum Gasteiger partial charge on any atom is 0.534 e. The van der Waals surface area contributed by atoms with Gasteiger partial charge in [-0.2, -0.15) is 26.7 Å². The summed E-state index contributed by atoms with van der Waals surface area (Å²) in [5.74, 6) is -0.629. The normalized spacial score (nSPS) is 12.4. The SMILES string of the molecule is O=S(=O)(Oc1cc(-c2cccnc2)n[nH]1)C(F)(F)F. The van der Waals surface area contributed by atoms with Crippen LogP contribution in [0, 0.1) is 0 Å². The Bertz CT molecular complexity index is 667. The molecule has 6 nitrogen and oxygen atoms in total. The highest BCUT2D eigenvalue weighted by Gasteiger charge is 2.48. The molecule has 2 rings (SSSR count). The molecule has 0 aliphatic heterocycles. The highest BCUT2D eigenvalue weighted by atomic mass is 32.2. The topological polar surface area (TPSA) is 84.9 Å². The predicted molar refractivity (Wildman–Crippen MR) is 57.4 cm³/mol. The number of rotatable bonds is 3. The minimum atomic E-state index is -5.71. The summed E-state index contributed by atoms with van der Waals surface area (Å²) in [5.41, 5.74) is -4.79. The summed E-state index contributed by atoms with van der Waals surface area (Å²) in [6.07, 6.45) is 2.92. The van der Waals surface area contributed by atoms with Crippen molar-refractivity contribution >= 4 is 10.1 Å². The van der Waals surface area contributed by atoms with Crippen LogP contribution in [0.4, 0.5) is 13.2 Å². The number of aromatic amines is 1. The van der Waals surface area contributed by atoms with Crippen LogP contribution in [0.5, 0.6) is 5.88 Å². The van der Waals surface area contributed by atoms with Gasteiger partial charge >= 0.3 is 15.6 Å². The summed E-state index contributed by atoms with van der Waals surface area (Å²) >= 11 is 0. The van der Waals surface area contributed by atoms with Crippen LogP contribution in [-0.4, -0.2) is 29.1 Å². The molecule has 0 radical (unpaired) electrons. The molecule has 0 saturated carbocycles. The number of nitrogens with one attached hydrogen (secondary N) is 1. The van der Waals surface area contributed by atoms with Gasteiger partial charge in [-0.15, -0.1) is 0 Å². The minimum Gasteiger partial charge on any atom is -0.356 e. The van der Waals surface area contributed by atoms with Crippen molar-refractivity contribution in [3.8, 4) is 17.1 Å². The molecule has 102 valence electrons. The molecule has 19 heavy (non-hydrogen) atoms. The number of nitrogens with zero attached hydrogens (tertiary/aromatic N) is 2. The maximum absolute atomic E-state index is 12.1. The molecule has 0 aromatic carbocycles. The second-order valence-corrected chi connectivity index (χ2v) is 4.88. The second kappa shape index (κ2) is 4.53. The molecule has 0 amide bonds. The van der Waals surface area contributed by atoms with E-state index in [0.29, 0.717) is 5.56 Å². The summed E-state index contributed by atoms with van der Waals surface area (Å²) in [5, 5.41) is 5.68. The Labute approximate surface area is 105 Å². The summed E-state index contributed by atoms with van der Waals surface area (Å²) in [4.78, 5) is 3.79. The van der Waals surface area contributed by atoms with Gasteiger partial charge in [-0.25, -0.2) is 5.10 Å². The van der Waals surface area contributed by atoms with Gasteiger partial charge in [-0.3, -0.25) is 4.98 Å². The molecule has 2 aromatic rings. The van der Waals surface area contributed by atoms with E-state index >= 15 is 0 Å². The molecule has 2 aromatic heterocycles. The van der Waals surface area contributed by atoms with Gasteiger partial charge in [-0.1, -0.05) is 0 Å². The third kappa shape index (κ3) is 2.84. The van der Waals surface area contributed by atoms with E-state index in [1.54, 1.807) is 12.1 Å². The molecule has 0 aliphatic carbocycles. The first-order chi connectivity index (χ1) is 8.79. The molecule has 1 N–H and O–H groups in total. The first kappa shape index (κ1) is 13.3. The molecule has 0 fully saturated rings. The number of alkyl halides is 3. The van der Waals surface area contributed by atoms with Gasteiger partial charge in [0.05, 0.1) is 5.69 Å². The van der Waals surface area contributed by atoms with Gasteiger partial charge in [-0.05, 0) is 12.1 Å². The summed E-state index contributed by atoms with van der Waals surface area (Å²) < 4.78 is 61.7. The van der Waals surface area contributed by atoms with E-state index in [2.05, 4.69) is 19.4 Å². The third-order valence-corrected chi connectivity index (χ3v) is 2.96. The van der Waals surface area contributed by atoms with Crippen molar-refractivity contribution in [1.82, 2.24) is 15.2 Å². The molecule has 0 bridgehead atoms.